The van der Waals surface area contributed by atoms with Gasteiger partial charge in [-0.25, -0.2) is 4.98 Å². The predicted molar refractivity (Wildman–Crippen MR) is 97.6 cm³/mol. The third-order valence-corrected chi connectivity index (χ3v) is 6.80. The number of aliphatic imine (C=N–C) groups is 1. The molecule has 0 bridgehead atoms. The van der Waals surface area contributed by atoms with Gasteiger partial charge in [-0.15, -0.1) is 11.3 Å². The van der Waals surface area contributed by atoms with Crippen LogP contribution >= 0.6 is 11.3 Å². The molecular formula is C18H28N4OS. The third-order valence-electron chi connectivity index (χ3n) is 5.98. The lowest BCUT2D eigenvalue weighted by atomic mass is 9.46. The maximum Gasteiger partial charge on any atom is 0.191 e. The van der Waals surface area contributed by atoms with E-state index in [1.807, 2.05) is 0 Å². The second kappa shape index (κ2) is 6.64. The highest BCUT2D eigenvalue weighted by atomic mass is 32.1. The molecule has 6 heteroatoms. The molecule has 4 rings (SSSR count). The Labute approximate surface area is 148 Å². The van der Waals surface area contributed by atoms with Gasteiger partial charge in [0.2, 0.25) is 0 Å². The molecule has 5 nitrogen and oxygen atoms in total. The van der Waals surface area contributed by atoms with Crippen molar-refractivity contribution in [3.63, 3.8) is 0 Å². The Hall–Kier alpha value is -1.14. The van der Waals surface area contributed by atoms with Crippen molar-refractivity contribution >= 4 is 17.3 Å². The smallest absolute Gasteiger partial charge is 0.191 e. The summed E-state index contributed by atoms with van der Waals surface area (Å²) >= 11 is 1.71. The summed E-state index contributed by atoms with van der Waals surface area (Å²) in [6.07, 6.45) is 6.58. The highest BCUT2D eigenvalue weighted by Gasteiger charge is 2.66. The molecule has 3 unspecified atom stereocenters. The summed E-state index contributed by atoms with van der Waals surface area (Å²) in [5, 5.41) is 10.4. The van der Waals surface area contributed by atoms with Crippen molar-refractivity contribution in [2.75, 3.05) is 19.7 Å². The van der Waals surface area contributed by atoms with Crippen LogP contribution in [-0.2, 0) is 11.2 Å². The SMILES string of the molecule is CCNC(=NCCc1csc(C)n1)NC1C2CCOC2C12CCC2. The number of nitrogens with zero attached hydrogens (tertiary/aromatic N) is 2. The molecule has 1 spiro atoms. The van der Waals surface area contributed by atoms with Crippen LogP contribution in [0.3, 0.4) is 0 Å². The highest BCUT2D eigenvalue weighted by molar-refractivity contribution is 7.09. The van der Waals surface area contributed by atoms with Gasteiger partial charge in [0.05, 0.1) is 16.8 Å². The Morgan fingerprint density at radius 3 is 3.04 bits per heavy atom. The lowest BCUT2D eigenvalue weighted by Gasteiger charge is -2.63. The maximum atomic E-state index is 6.02. The molecule has 3 fully saturated rings. The van der Waals surface area contributed by atoms with Crippen LogP contribution in [0.25, 0.3) is 0 Å². The van der Waals surface area contributed by atoms with E-state index < -0.39 is 0 Å². The van der Waals surface area contributed by atoms with Crippen molar-refractivity contribution in [2.24, 2.45) is 16.3 Å². The average Bonchev–Trinajstić information content (AvgIpc) is 3.11. The van der Waals surface area contributed by atoms with Crippen LogP contribution in [0.5, 0.6) is 0 Å². The minimum Gasteiger partial charge on any atom is -0.377 e. The van der Waals surface area contributed by atoms with E-state index in [4.69, 9.17) is 9.73 Å². The molecule has 2 N–H and O–H groups in total. The molecule has 2 heterocycles. The molecule has 1 aromatic heterocycles. The van der Waals surface area contributed by atoms with Gasteiger partial charge in [-0.2, -0.15) is 0 Å². The van der Waals surface area contributed by atoms with E-state index in [0.29, 0.717) is 23.5 Å². The fourth-order valence-corrected chi connectivity index (χ4v) is 5.38. The number of rotatable bonds is 5. The molecule has 3 atom stereocenters. The lowest BCUT2D eigenvalue weighted by Crippen LogP contribution is -2.72. The summed E-state index contributed by atoms with van der Waals surface area (Å²) in [7, 11) is 0. The van der Waals surface area contributed by atoms with Crippen LogP contribution in [0, 0.1) is 18.3 Å². The quantitative estimate of drug-likeness (QED) is 0.634. The molecule has 1 saturated heterocycles. The van der Waals surface area contributed by atoms with Gasteiger partial charge in [0.15, 0.2) is 5.96 Å². The number of guanidine groups is 1. The summed E-state index contributed by atoms with van der Waals surface area (Å²) in [5.41, 5.74) is 1.55. The van der Waals surface area contributed by atoms with E-state index in [-0.39, 0.29) is 0 Å². The van der Waals surface area contributed by atoms with Gasteiger partial charge in [-0.05, 0) is 33.1 Å². The van der Waals surface area contributed by atoms with E-state index >= 15 is 0 Å². The van der Waals surface area contributed by atoms with Gasteiger partial charge in [-0.3, -0.25) is 4.99 Å². The maximum absolute atomic E-state index is 6.02. The Bertz CT molecular complexity index is 610. The summed E-state index contributed by atoms with van der Waals surface area (Å²) in [6.45, 7) is 6.79. The van der Waals surface area contributed by atoms with Gasteiger partial charge in [0.25, 0.3) is 0 Å². The average molecular weight is 349 g/mol. The third kappa shape index (κ3) is 2.73. The van der Waals surface area contributed by atoms with Gasteiger partial charge in [-0.1, -0.05) is 6.42 Å². The molecule has 0 amide bonds. The van der Waals surface area contributed by atoms with Crippen LogP contribution in [-0.4, -0.2) is 42.8 Å². The zero-order valence-corrected chi connectivity index (χ0v) is 15.5. The van der Waals surface area contributed by atoms with E-state index in [0.717, 1.165) is 42.8 Å². The van der Waals surface area contributed by atoms with Crippen molar-refractivity contribution in [3.8, 4) is 0 Å². The molecule has 1 aromatic rings. The highest BCUT2D eigenvalue weighted by Crippen LogP contribution is 2.62. The van der Waals surface area contributed by atoms with E-state index in [2.05, 4.69) is 34.8 Å². The number of hydrogen-bond donors (Lipinski definition) is 2. The van der Waals surface area contributed by atoms with Gasteiger partial charge < -0.3 is 15.4 Å². The monoisotopic (exact) mass is 348 g/mol. The molecule has 3 aliphatic rings. The molecule has 0 radical (unpaired) electrons. The minimum atomic E-state index is 0.392. The number of thiazole rings is 1. The number of ether oxygens (including phenoxy) is 1. The lowest BCUT2D eigenvalue weighted by molar-refractivity contribution is -0.171. The Balaban J connectivity index is 1.38. The zero-order valence-electron chi connectivity index (χ0n) is 14.7. The first-order valence-corrected chi connectivity index (χ1v) is 10.2. The largest absolute Gasteiger partial charge is 0.377 e. The van der Waals surface area contributed by atoms with Crippen LogP contribution in [0.4, 0.5) is 0 Å². The summed E-state index contributed by atoms with van der Waals surface area (Å²) in [5.74, 6) is 1.64. The molecule has 1 aliphatic heterocycles. The summed E-state index contributed by atoms with van der Waals surface area (Å²) in [4.78, 5) is 9.32. The molecule has 2 saturated carbocycles. The van der Waals surface area contributed by atoms with E-state index in [9.17, 15) is 0 Å². The molecule has 24 heavy (non-hydrogen) atoms. The first kappa shape index (κ1) is 16.3. The number of nitrogens with one attached hydrogen (secondary N) is 2. The fraction of sp³-hybridized carbons (Fsp3) is 0.778. The summed E-state index contributed by atoms with van der Waals surface area (Å²) in [6, 6.07) is 0.540. The van der Waals surface area contributed by atoms with E-state index in [1.54, 1.807) is 11.3 Å². The minimum absolute atomic E-state index is 0.392. The van der Waals surface area contributed by atoms with Crippen molar-refractivity contribution in [2.45, 2.75) is 58.1 Å². The number of aromatic nitrogens is 1. The standard InChI is InChI=1S/C18H28N4OS/c1-3-19-17(20-9-5-13-11-24-12(2)21-13)22-15-14-6-10-23-16(14)18(15)7-4-8-18/h11,14-16H,3-10H2,1-2H3,(H2,19,20,22). The first-order chi connectivity index (χ1) is 11.7. The Kier molecular flexibility index (Phi) is 4.52. The van der Waals surface area contributed by atoms with Crippen LogP contribution in [0.2, 0.25) is 0 Å². The zero-order chi connectivity index (χ0) is 16.6. The molecule has 132 valence electrons. The normalized spacial score (nSPS) is 30.6. The fourth-order valence-electron chi connectivity index (χ4n) is 4.73. The van der Waals surface area contributed by atoms with Crippen LogP contribution in [0.1, 0.15) is 43.3 Å². The van der Waals surface area contributed by atoms with E-state index in [1.165, 1.54) is 25.7 Å². The first-order valence-electron chi connectivity index (χ1n) is 9.30. The van der Waals surface area contributed by atoms with Crippen LogP contribution < -0.4 is 10.6 Å². The molecule has 0 aromatic carbocycles. The van der Waals surface area contributed by atoms with Gasteiger partial charge >= 0.3 is 0 Å². The van der Waals surface area contributed by atoms with Gasteiger partial charge in [0.1, 0.15) is 0 Å². The predicted octanol–water partition coefficient (Wildman–Crippen LogP) is 2.51. The number of aryl methyl sites for hydroxylation is 1. The van der Waals surface area contributed by atoms with Crippen LogP contribution in [0.15, 0.2) is 10.4 Å². The topological polar surface area (TPSA) is 58.5 Å². The Morgan fingerprint density at radius 1 is 1.50 bits per heavy atom. The molecular weight excluding hydrogens is 320 g/mol. The second-order valence-electron chi connectivity index (χ2n) is 7.32. The Morgan fingerprint density at radius 2 is 2.38 bits per heavy atom. The number of fused-ring (bicyclic) bond motifs is 2. The van der Waals surface area contributed by atoms with Crippen molar-refractivity contribution in [3.05, 3.63) is 16.1 Å². The number of hydrogen-bond acceptors (Lipinski definition) is 4. The van der Waals surface area contributed by atoms with Gasteiger partial charge in [0, 0.05) is 48.9 Å². The van der Waals surface area contributed by atoms with Crippen molar-refractivity contribution in [1.29, 1.82) is 0 Å². The summed E-state index contributed by atoms with van der Waals surface area (Å²) < 4.78 is 6.02. The second-order valence-corrected chi connectivity index (χ2v) is 8.38. The van der Waals surface area contributed by atoms with Crippen molar-refractivity contribution in [1.82, 2.24) is 15.6 Å². The van der Waals surface area contributed by atoms with Crippen molar-refractivity contribution < 1.29 is 4.74 Å². The molecule has 2 aliphatic carbocycles.